The van der Waals surface area contributed by atoms with E-state index in [1.165, 1.54) is 18.3 Å². The van der Waals surface area contributed by atoms with Gasteiger partial charge < -0.3 is 5.32 Å². The highest BCUT2D eigenvalue weighted by molar-refractivity contribution is 7.89. The highest BCUT2D eigenvalue weighted by Crippen LogP contribution is 2.12. The molecule has 2 aromatic heterocycles. The standard InChI is InChI=1S/C11H15N5O2S/c1-2-12-11-5-10(3-4-13-11)19(17,18)16-8-9-6-14-15-7-9/h3-7,16H,2,8H2,1H3,(H,12,13)(H,14,15). The van der Waals surface area contributed by atoms with Crippen LogP contribution in [0.5, 0.6) is 0 Å². The predicted molar refractivity (Wildman–Crippen MR) is 71.0 cm³/mol. The summed E-state index contributed by atoms with van der Waals surface area (Å²) >= 11 is 0. The normalized spacial score (nSPS) is 11.4. The Kier molecular flexibility index (Phi) is 4.13. The summed E-state index contributed by atoms with van der Waals surface area (Å²) in [6, 6.07) is 2.96. The second-order valence-corrected chi connectivity index (χ2v) is 5.61. The number of aromatic nitrogens is 3. The highest BCUT2D eigenvalue weighted by Gasteiger charge is 2.14. The molecule has 0 aliphatic carbocycles. The Bertz CT molecular complexity index is 624. The van der Waals surface area contributed by atoms with Crippen molar-refractivity contribution < 1.29 is 8.42 Å². The monoisotopic (exact) mass is 281 g/mol. The largest absolute Gasteiger partial charge is 0.370 e. The Balaban J connectivity index is 2.12. The number of H-pyrrole nitrogens is 1. The Morgan fingerprint density at radius 2 is 2.26 bits per heavy atom. The quantitative estimate of drug-likeness (QED) is 0.724. The second-order valence-electron chi connectivity index (χ2n) is 3.84. The molecule has 102 valence electrons. The van der Waals surface area contributed by atoms with E-state index in [2.05, 4.69) is 25.2 Å². The van der Waals surface area contributed by atoms with Crippen LogP contribution in [0.4, 0.5) is 5.82 Å². The fourth-order valence-electron chi connectivity index (χ4n) is 1.49. The first-order chi connectivity index (χ1) is 9.12. The van der Waals surface area contributed by atoms with Crippen molar-refractivity contribution in [2.75, 3.05) is 11.9 Å². The smallest absolute Gasteiger partial charge is 0.241 e. The lowest BCUT2D eigenvalue weighted by Gasteiger charge is -2.07. The highest BCUT2D eigenvalue weighted by atomic mass is 32.2. The topological polar surface area (TPSA) is 99.8 Å². The minimum atomic E-state index is -3.55. The number of sulfonamides is 1. The Labute approximate surface area is 111 Å². The van der Waals surface area contributed by atoms with Gasteiger partial charge in [0, 0.05) is 37.1 Å². The van der Waals surface area contributed by atoms with Crippen molar-refractivity contribution in [2.45, 2.75) is 18.4 Å². The zero-order valence-corrected chi connectivity index (χ0v) is 11.2. The molecule has 0 spiro atoms. The van der Waals surface area contributed by atoms with Crippen molar-refractivity contribution >= 4 is 15.8 Å². The van der Waals surface area contributed by atoms with E-state index in [9.17, 15) is 8.42 Å². The minimum absolute atomic E-state index is 0.182. The van der Waals surface area contributed by atoms with Crippen LogP contribution in [-0.4, -0.2) is 30.1 Å². The zero-order valence-electron chi connectivity index (χ0n) is 10.4. The third-order valence-corrected chi connectivity index (χ3v) is 3.82. The van der Waals surface area contributed by atoms with E-state index in [1.807, 2.05) is 6.92 Å². The van der Waals surface area contributed by atoms with Gasteiger partial charge in [0.25, 0.3) is 0 Å². The molecule has 0 saturated carbocycles. The van der Waals surface area contributed by atoms with Crippen LogP contribution in [0.1, 0.15) is 12.5 Å². The molecule has 0 bridgehead atoms. The zero-order chi connectivity index (χ0) is 13.7. The first-order valence-electron chi connectivity index (χ1n) is 5.79. The summed E-state index contributed by atoms with van der Waals surface area (Å²) in [5.74, 6) is 0.536. The van der Waals surface area contributed by atoms with E-state index in [0.29, 0.717) is 12.4 Å². The summed E-state index contributed by atoms with van der Waals surface area (Å²) in [5, 5.41) is 9.35. The van der Waals surface area contributed by atoms with Gasteiger partial charge in [-0.05, 0) is 13.0 Å². The Morgan fingerprint density at radius 3 is 2.95 bits per heavy atom. The minimum Gasteiger partial charge on any atom is -0.370 e. The van der Waals surface area contributed by atoms with Gasteiger partial charge in [0.2, 0.25) is 10.0 Å². The first-order valence-corrected chi connectivity index (χ1v) is 7.27. The molecule has 2 aromatic rings. The van der Waals surface area contributed by atoms with Crippen LogP contribution in [-0.2, 0) is 16.6 Å². The van der Waals surface area contributed by atoms with E-state index in [4.69, 9.17) is 0 Å². The molecule has 0 unspecified atom stereocenters. The maximum Gasteiger partial charge on any atom is 0.241 e. The number of nitrogens with one attached hydrogen (secondary N) is 3. The molecule has 2 heterocycles. The van der Waals surface area contributed by atoms with E-state index >= 15 is 0 Å². The molecule has 2 rings (SSSR count). The summed E-state index contributed by atoms with van der Waals surface area (Å²) < 4.78 is 26.7. The van der Waals surface area contributed by atoms with Gasteiger partial charge in [-0.25, -0.2) is 18.1 Å². The van der Waals surface area contributed by atoms with Crippen molar-refractivity contribution in [3.05, 3.63) is 36.3 Å². The molecule has 0 saturated heterocycles. The van der Waals surface area contributed by atoms with E-state index in [-0.39, 0.29) is 11.4 Å². The number of rotatable bonds is 6. The van der Waals surface area contributed by atoms with Crippen LogP contribution >= 0.6 is 0 Å². The lowest BCUT2D eigenvalue weighted by atomic mass is 10.4. The summed E-state index contributed by atoms with van der Waals surface area (Å²) in [6.45, 7) is 2.79. The van der Waals surface area contributed by atoms with Crippen LogP contribution in [0, 0.1) is 0 Å². The van der Waals surface area contributed by atoms with Gasteiger partial charge in [0.15, 0.2) is 0 Å². The van der Waals surface area contributed by atoms with Gasteiger partial charge in [-0.3, -0.25) is 5.10 Å². The fourth-order valence-corrected chi connectivity index (χ4v) is 2.52. The molecule has 8 heteroatoms. The Hall–Kier alpha value is -1.93. The van der Waals surface area contributed by atoms with Crippen LogP contribution < -0.4 is 10.0 Å². The number of pyridine rings is 1. The van der Waals surface area contributed by atoms with Crippen LogP contribution in [0.2, 0.25) is 0 Å². The number of hydrogen-bond donors (Lipinski definition) is 3. The van der Waals surface area contributed by atoms with Crippen molar-refractivity contribution in [3.8, 4) is 0 Å². The molecule has 0 aromatic carbocycles. The molecule has 0 aliphatic rings. The average molecular weight is 281 g/mol. The molecule has 0 aliphatic heterocycles. The van der Waals surface area contributed by atoms with Gasteiger partial charge in [-0.1, -0.05) is 0 Å². The summed E-state index contributed by atoms with van der Waals surface area (Å²) in [4.78, 5) is 4.22. The first kappa shape index (κ1) is 13.5. The van der Waals surface area contributed by atoms with Gasteiger partial charge in [-0.15, -0.1) is 0 Å². The SMILES string of the molecule is CCNc1cc(S(=O)(=O)NCc2cn[nH]c2)ccn1. The van der Waals surface area contributed by atoms with Crippen LogP contribution in [0.3, 0.4) is 0 Å². The van der Waals surface area contributed by atoms with E-state index < -0.39 is 10.0 Å². The average Bonchev–Trinajstić information content (AvgIpc) is 2.90. The van der Waals surface area contributed by atoms with Crippen LogP contribution in [0.25, 0.3) is 0 Å². The third kappa shape index (κ3) is 3.52. The summed E-state index contributed by atoms with van der Waals surface area (Å²) in [7, 11) is -3.55. The lowest BCUT2D eigenvalue weighted by Crippen LogP contribution is -2.23. The van der Waals surface area contributed by atoms with Crippen molar-refractivity contribution in [3.63, 3.8) is 0 Å². The number of hydrogen-bond acceptors (Lipinski definition) is 5. The van der Waals surface area contributed by atoms with Gasteiger partial charge in [0.05, 0.1) is 11.1 Å². The molecule has 0 atom stereocenters. The molecular formula is C11H15N5O2S. The molecule has 7 nitrogen and oxygen atoms in total. The van der Waals surface area contributed by atoms with Gasteiger partial charge >= 0.3 is 0 Å². The maximum atomic E-state index is 12.1. The number of anilines is 1. The molecular weight excluding hydrogens is 266 g/mol. The molecule has 0 radical (unpaired) electrons. The predicted octanol–water partition coefficient (Wildman–Crippen LogP) is 0.715. The van der Waals surface area contributed by atoms with E-state index in [0.717, 1.165) is 5.56 Å². The number of nitrogens with zero attached hydrogens (tertiary/aromatic N) is 2. The second kappa shape index (κ2) is 5.81. The molecule has 3 N–H and O–H groups in total. The number of aromatic amines is 1. The van der Waals surface area contributed by atoms with Crippen molar-refractivity contribution in [1.29, 1.82) is 0 Å². The van der Waals surface area contributed by atoms with Crippen molar-refractivity contribution in [1.82, 2.24) is 19.9 Å². The third-order valence-electron chi connectivity index (χ3n) is 2.42. The molecule has 19 heavy (non-hydrogen) atoms. The Morgan fingerprint density at radius 1 is 1.42 bits per heavy atom. The van der Waals surface area contributed by atoms with E-state index in [1.54, 1.807) is 12.4 Å². The maximum absolute atomic E-state index is 12.1. The lowest BCUT2D eigenvalue weighted by molar-refractivity contribution is 0.581. The van der Waals surface area contributed by atoms with Crippen LogP contribution in [0.15, 0.2) is 35.6 Å². The molecule has 0 fully saturated rings. The fraction of sp³-hybridized carbons (Fsp3) is 0.273. The van der Waals surface area contributed by atoms with Crippen molar-refractivity contribution in [2.24, 2.45) is 0 Å². The summed E-state index contributed by atoms with van der Waals surface area (Å²) in [6.07, 6.45) is 4.67. The van der Waals surface area contributed by atoms with Gasteiger partial charge in [-0.2, -0.15) is 5.10 Å². The summed E-state index contributed by atoms with van der Waals surface area (Å²) in [5.41, 5.74) is 0.768. The van der Waals surface area contributed by atoms with Gasteiger partial charge in [0.1, 0.15) is 5.82 Å². The molecule has 0 amide bonds.